The number of phenolic OH excluding ortho intramolecular Hbond substituents is 1. The number of nitrogens with one attached hydrogen (secondary N) is 1. The average Bonchev–Trinajstić information content (AvgIpc) is 2.28. The van der Waals surface area contributed by atoms with Gasteiger partial charge in [0.25, 0.3) is 5.91 Å². The van der Waals surface area contributed by atoms with Crippen LogP contribution in [0.2, 0.25) is 0 Å². The topological polar surface area (TPSA) is 119 Å². The minimum absolute atomic E-state index is 0.0729. The molecule has 0 saturated carbocycles. The van der Waals surface area contributed by atoms with E-state index in [1.807, 2.05) is 0 Å². The van der Waals surface area contributed by atoms with Gasteiger partial charge in [-0.15, -0.1) is 0 Å². The van der Waals surface area contributed by atoms with E-state index in [4.69, 9.17) is 10.5 Å². The highest BCUT2D eigenvalue weighted by atomic mass is 16.5. The molecule has 0 spiro atoms. The van der Waals surface area contributed by atoms with Crippen molar-refractivity contribution in [3.05, 3.63) is 29.8 Å². The van der Waals surface area contributed by atoms with E-state index in [0.29, 0.717) is 0 Å². The molecule has 1 aromatic rings. The maximum Gasteiger partial charge on any atom is 0.342 e. The number of ether oxygens (including phenoxy) is 1. The average molecular weight is 252 g/mol. The number of esters is 1. The van der Waals surface area contributed by atoms with Gasteiger partial charge in [0.1, 0.15) is 11.3 Å². The van der Waals surface area contributed by atoms with E-state index in [2.05, 4.69) is 0 Å². The lowest BCUT2D eigenvalue weighted by Gasteiger charge is -2.12. The molecule has 0 aliphatic carbocycles. The minimum atomic E-state index is -1.20. The van der Waals surface area contributed by atoms with Crippen molar-refractivity contribution in [3.8, 4) is 5.75 Å². The Morgan fingerprint density at radius 2 is 1.94 bits per heavy atom. The number of carbonyl (C=O) groups is 3. The predicted octanol–water partition coefficient (Wildman–Crippen LogP) is 0.132. The van der Waals surface area contributed by atoms with Crippen LogP contribution in [0.5, 0.6) is 5.75 Å². The third kappa shape index (κ3) is 3.48. The molecule has 0 aromatic heterocycles. The molecule has 0 saturated heterocycles. The van der Waals surface area contributed by atoms with E-state index in [1.54, 1.807) is 5.32 Å². The smallest absolute Gasteiger partial charge is 0.342 e. The molecule has 96 valence electrons. The van der Waals surface area contributed by atoms with Gasteiger partial charge in [-0.1, -0.05) is 12.1 Å². The maximum atomic E-state index is 11.6. The number of amides is 3. The Balaban J connectivity index is 2.68. The number of phenols is 1. The van der Waals surface area contributed by atoms with E-state index >= 15 is 0 Å². The van der Waals surface area contributed by atoms with Crippen molar-refractivity contribution in [2.75, 3.05) is 0 Å². The van der Waals surface area contributed by atoms with E-state index in [1.165, 1.54) is 31.2 Å². The Kier molecular flexibility index (Phi) is 4.25. The van der Waals surface area contributed by atoms with Crippen molar-refractivity contribution in [2.24, 2.45) is 5.73 Å². The van der Waals surface area contributed by atoms with Crippen LogP contribution < -0.4 is 11.1 Å². The fourth-order valence-corrected chi connectivity index (χ4v) is 1.15. The van der Waals surface area contributed by atoms with E-state index in [0.717, 1.165) is 0 Å². The fourth-order valence-electron chi connectivity index (χ4n) is 1.15. The van der Waals surface area contributed by atoms with Gasteiger partial charge in [0.2, 0.25) is 0 Å². The highest BCUT2D eigenvalue weighted by Gasteiger charge is 2.21. The fraction of sp³-hybridized carbons (Fsp3) is 0.182. The third-order valence-corrected chi connectivity index (χ3v) is 2.02. The standard InChI is InChI=1S/C11H12N2O5/c1-6(9(15)13-11(12)17)18-10(16)7-4-2-3-5-8(7)14/h2-6,14H,1H3,(H3,12,13,15,17)/t6-/m0/s1. The molecule has 0 aliphatic rings. The summed E-state index contributed by atoms with van der Waals surface area (Å²) in [6.07, 6.45) is -1.20. The Hall–Kier alpha value is -2.57. The summed E-state index contributed by atoms with van der Waals surface area (Å²) in [5.74, 6) is -1.98. The number of rotatable bonds is 3. The van der Waals surface area contributed by atoms with Gasteiger partial charge in [-0.2, -0.15) is 0 Å². The molecule has 7 heteroatoms. The quantitative estimate of drug-likeness (QED) is 0.661. The number of carbonyl (C=O) groups excluding carboxylic acids is 3. The highest BCUT2D eigenvalue weighted by Crippen LogP contribution is 2.17. The summed E-state index contributed by atoms with van der Waals surface area (Å²) < 4.78 is 4.76. The summed E-state index contributed by atoms with van der Waals surface area (Å²) in [6.45, 7) is 1.27. The number of urea groups is 1. The van der Waals surface area contributed by atoms with Gasteiger partial charge in [0, 0.05) is 0 Å². The molecule has 0 aliphatic heterocycles. The van der Waals surface area contributed by atoms with Crippen LogP contribution >= 0.6 is 0 Å². The van der Waals surface area contributed by atoms with Gasteiger partial charge < -0.3 is 15.6 Å². The summed E-state index contributed by atoms with van der Waals surface area (Å²) in [4.78, 5) is 33.3. The molecule has 1 aromatic carbocycles. The van der Waals surface area contributed by atoms with Crippen molar-refractivity contribution in [3.63, 3.8) is 0 Å². The highest BCUT2D eigenvalue weighted by molar-refractivity contribution is 5.98. The molecule has 4 N–H and O–H groups in total. The molecular formula is C11H12N2O5. The van der Waals surface area contributed by atoms with Gasteiger partial charge in [-0.3, -0.25) is 10.1 Å². The first-order valence-corrected chi connectivity index (χ1v) is 5.01. The van der Waals surface area contributed by atoms with E-state index in [-0.39, 0.29) is 11.3 Å². The Morgan fingerprint density at radius 1 is 1.33 bits per heavy atom. The Bertz CT molecular complexity index is 486. The molecular weight excluding hydrogens is 240 g/mol. The number of hydrogen-bond donors (Lipinski definition) is 3. The van der Waals surface area contributed by atoms with Crippen LogP contribution in [0.15, 0.2) is 24.3 Å². The molecule has 18 heavy (non-hydrogen) atoms. The summed E-state index contributed by atoms with van der Waals surface area (Å²) in [5.41, 5.74) is 4.67. The second-order valence-corrected chi connectivity index (χ2v) is 3.42. The number of imide groups is 1. The van der Waals surface area contributed by atoms with Gasteiger partial charge in [0.05, 0.1) is 0 Å². The second kappa shape index (κ2) is 5.67. The molecule has 1 atom stereocenters. The van der Waals surface area contributed by atoms with Crippen LogP contribution in [0.4, 0.5) is 4.79 Å². The lowest BCUT2D eigenvalue weighted by Crippen LogP contribution is -2.42. The van der Waals surface area contributed by atoms with Crippen molar-refractivity contribution in [2.45, 2.75) is 13.0 Å². The molecule has 7 nitrogen and oxygen atoms in total. The van der Waals surface area contributed by atoms with Crippen molar-refractivity contribution < 1.29 is 24.2 Å². The van der Waals surface area contributed by atoms with Crippen LogP contribution in [0.3, 0.4) is 0 Å². The van der Waals surface area contributed by atoms with Crippen molar-refractivity contribution in [1.82, 2.24) is 5.32 Å². The van der Waals surface area contributed by atoms with Crippen molar-refractivity contribution in [1.29, 1.82) is 0 Å². The summed E-state index contributed by atoms with van der Waals surface area (Å²) >= 11 is 0. The lowest BCUT2D eigenvalue weighted by molar-refractivity contribution is -0.127. The van der Waals surface area contributed by atoms with Gasteiger partial charge >= 0.3 is 12.0 Å². The van der Waals surface area contributed by atoms with Crippen molar-refractivity contribution >= 4 is 17.9 Å². The van der Waals surface area contributed by atoms with Crippen LogP contribution in [0, 0.1) is 0 Å². The normalized spacial score (nSPS) is 11.4. The largest absolute Gasteiger partial charge is 0.507 e. The molecule has 0 heterocycles. The third-order valence-electron chi connectivity index (χ3n) is 2.02. The minimum Gasteiger partial charge on any atom is -0.507 e. The number of para-hydroxylation sites is 1. The molecule has 1 rings (SSSR count). The first kappa shape index (κ1) is 13.5. The van der Waals surface area contributed by atoms with E-state index < -0.39 is 24.0 Å². The summed E-state index contributed by atoms with van der Waals surface area (Å²) in [7, 11) is 0. The number of hydrogen-bond acceptors (Lipinski definition) is 5. The second-order valence-electron chi connectivity index (χ2n) is 3.42. The van der Waals surface area contributed by atoms with Gasteiger partial charge in [-0.25, -0.2) is 9.59 Å². The zero-order valence-corrected chi connectivity index (χ0v) is 9.54. The first-order valence-electron chi connectivity index (χ1n) is 5.01. The van der Waals surface area contributed by atoms with E-state index in [9.17, 15) is 19.5 Å². The Morgan fingerprint density at radius 3 is 2.50 bits per heavy atom. The predicted molar refractivity (Wildman–Crippen MR) is 60.7 cm³/mol. The number of benzene rings is 1. The molecule has 0 bridgehead atoms. The van der Waals surface area contributed by atoms with Crippen LogP contribution in [0.25, 0.3) is 0 Å². The number of aromatic hydroxyl groups is 1. The lowest BCUT2D eigenvalue weighted by atomic mass is 10.2. The number of primary amides is 1. The van der Waals surface area contributed by atoms with Crippen LogP contribution in [-0.4, -0.2) is 29.1 Å². The maximum absolute atomic E-state index is 11.6. The monoisotopic (exact) mass is 252 g/mol. The van der Waals surface area contributed by atoms with Crippen LogP contribution in [-0.2, 0) is 9.53 Å². The van der Waals surface area contributed by atoms with Gasteiger partial charge in [-0.05, 0) is 19.1 Å². The molecule has 0 fully saturated rings. The molecule has 0 unspecified atom stereocenters. The zero-order chi connectivity index (χ0) is 13.7. The van der Waals surface area contributed by atoms with Crippen LogP contribution in [0.1, 0.15) is 17.3 Å². The Labute approximate surface area is 103 Å². The SMILES string of the molecule is C[C@H](OC(=O)c1ccccc1O)C(=O)NC(N)=O. The number of nitrogens with two attached hydrogens (primary N) is 1. The molecule has 3 amide bonds. The zero-order valence-electron chi connectivity index (χ0n) is 9.54. The summed E-state index contributed by atoms with van der Waals surface area (Å²) in [5, 5.41) is 11.2. The molecule has 0 radical (unpaired) electrons. The first-order chi connectivity index (χ1) is 8.41. The van der Waals surface area contributed by atoms with Gasteiger partial charge in [0.15, 0.2) is 6.10 Å². The summed E-state index contributed by atoms with van der Waals surface area (Å²) in [6, 6.07) is 4.69.